The second kappa shape index (κ2) is 5.28. The van der Waals surface area contributed by atoms with Gasteiger partial charge in [-0.3, -0.25) is 4.99 Å². The molecular formula is C13H13Br2N3. The lowest BCUT2D eigenvalue weighted by Gasteiger charge is -2.18. The summed E-state index contributed by atoms with van der Waals surface area (Å²) in [5.41, 5.74) is 7.88. The Morgan fingerprint density at radius 1 is 1.28 bits per heavy atom. The third-order valence-electron chi connectivity index (χ3n) is 2.97. The molecule has 3 rings (SSSR count). The van der Waals surface area contributed by atoms with Crippen molar-refractivity contribution in [2.75, 3.05) is 6.54 Å². The summed E-state index contributed by atoms with van der Waals surface area (Å²) in [5.74, 6) is 0.889. The summed E-state index contributed by atoms with van der Waals surface area (Å²) >= 11 is 3.44. The molecule has 3 nitrogen and oxygen atoms in total. The van der Waals surface area contributed by atoms with E-state index in [9.17, 15) is 0 Å². The van der Waals surface area contributed by atoms with E-state index >= 15 is 0 Å². The minimum atomic E-state index is 0. The first-order chi connectivity index (χ1) is 8.24. The van der Waals surface area contributed by atoms with Crippen LogP contribution in [0.2, 0.25) is 0 Å². The highest BCUT2D eigenvalue weighted by molar-refractivity contribution is 9.10. The minimum Gasteiger partial charge on any atom is -0.396 e. The summed E-state index contributed by atoms with van der Waals surface area (Å²) < 4.78 is 1.09. The van der Waals surface area contributed by atoms with Crippen LogP contribution in [0, 0.1) is 0 Å². The molecule has 2 N–H and O–H groups in total. The topological polar surface area (TPSA) is 41.6 Å². The zero-order chi connectivity index (χ0) is 11.8. The van der Waals surface area contributed by atoms with Crippen LogP contribution in [-0.4, -0.2) is 17.3 Å². The predicted octanol–water partition coefficient (Wildman–Crippen LogP) is 3.15. The van der Waals surface area contributed by atoms with E-state index in [1.807, 2.05) is 30.5 Å². The van der Waals surface area contributed by atoms with Gasteiger partial charge in [0.05, 0.1) is 18.3 Å². The number of amidine groups is 1. The number of hydrogen-bond acceptors (Lipinski definition) is 3. The van der Waals surface area contributed by atoms with E-state index in [0.717, 1.165) is 22.6 Å². The minimum absolute atomic E-state index is 0. The molecule has 1 aromatic rings. The van der Waals surface area contributed by atoms with E-state index in [-0.39, 0.29) is 23.0 Å². The van der Waals surface area contributed by atoms with Crippen molar-refractivity contribution in [2.45, 2.75) is 6.04 Å². The van der Waals surface area contributed by atoms with Crippen molar-refractivity contribution in [3.63, 3.8) is 0 Å². The molecule has 0 amide bonds. The maximum absolute atomic E-state index is 5.91. The van der Waals surface area contributed by atoms with Crippen molar-refractivity contribution in [2.24, 2.45) is 10.7 Å². The van der Waals surface area contributed by atoms with Crippen molar-refractivity contribution >= 4 is 38.7 Å². The fourth-order valence-electron chi connectivity index (χ4n) is 2.10. The number of rotatable bonds is 1. The third-order valence-corrected chi connectivity index (χ3v) is 3.50. The number of halogens is 2. The Morgan fingerprint density at radius 2 is 2.00 bits per heavy atom. The SMILES string of the molecule is Br.NC1=CC=CN2CC(c3ccc(Br)cc3)N=C12. The number of fused-ring (bicyclic) bond motifs is 1. The molecule has 0 aliphatic carbocycles. The van der Waals surface area contributed by atoms with Gasteiger partial charge in [-0.15, -0.1) is 17.0 Å². The molecule has 2 heterocycles. The van der Waals surface area contributed by atoms with Crippen LogP contribution in [0.15, 0.2) is 57.8 Å². The summed E-state index contributed by atoms with van der Waals surface area (Å²) in [6, 6.07) is 8.46. The fourth-order valence-corrected chi connectivity index (χ4v) is 2.36. The molecule has 0 radical (unpaired) electrons. The summed E-state index contributed by atoms with van der Waals surface area (Å²) in [7, 11) is 0. The Kier molecular flexibility index (Phi) is 3.92. The standard InChI is InChI=1S/C13H12BrN3.BrH/c14-10-5-3-9(4-6-10)12-8-17-7-1-2-11(15)13(17)16-12;/h1-7,12H,8,15H2;1H. The van der Waals surface area contributed by atoms with E-state index < -0.39 is 0 Å². The van der Waals surface area contributed by atoms with Crippen molar-refractivity contribution in [3.8, 4) is 0 Å². The fraction of sp³-hybridized carbons (Fsp3) is 0.154. The van der Waals surface area contributed by atoms with Gasteiger partial charge >= 0.3 is 0 Å². The van der Waals surface area contributed by atoms with Gasteiger partial charge in [0.15, 0.2) is 5.84 Å². The molecule has 1 unspecified atom stereocenters. The number of benzene rings is 1. The van der Waals surface area contributed by atoms with Gasteiger partial charge in [-0.25, -0.2) is 0 Å². The molecule has 2 aliphatic heterocycles. The van der Waals surface area contributed by atoms with Crippen LogP contribution in [0.5, 0.6) is 0 Å². The van der Waals surface area contributed by atoms with Gasteiger partial charge in [-0.1, -0.05) is 28.1 Å². The molecule has 0 bridgehead atoms. The van der Waals surface area contributed by atoms with Gasteiger partial charge in [0.25, 0.3) is 0 Å². The van der Waals surface area contributed by atoms with E-state index in [4.69, 9.17) is 5.73 Å². The Morgan fingerprint density at radius 3 is 2.67 bits per heavy atom. The molecule has 0 saturated heterocycles. The average molecular weight is 371 g/mol. The number of aliphatic imine (C=N–C) groups is 1. The largest absolute Gasteiger partial charge is 0.396 e. The normalized spacial score (nSPS) is 20.9. The maximum atomic E-state index is 5.91. The second-order valence-corrected chi connectivity index (χ2v) is 5.05. The van der Waals surface area contributed by atoms with E-state index in [0.29, 0.717) is 0 Å². The number of nitrogens with zero attached hydrogens (tertiary/aromatic N) is 2. The van der Waals surface area contributed by atoms with Crippen LogP contribution in [0.1, 0.15) is 11.6 Å². The van der Waals surface area contributed by atoms with Crippen LogP contribution in [0.25, 0.3) is 0 Å². The lowest BCUT2D eigenvalue weighted by molar-refractivity contribution is 0.547. The Labute approximate surface area is 125 Å². The van der Waals surface area contributed by atoms with Crippen molar-refractivity contribution in [3.05, 3.63) is 58.4 Å². The smallest absolute Gasteiger partial charge is 0.151 e. The first kappa shape index (κ1) is 13.4. The monoisotopic (exact) mass is 369 g/mol. The lowest BCUT2D eigenvalue weighted by atomic mass is 10.1. The molecule has 5 heteroatoms. The van der Waals surface area contributed by atoms with Gasteiger partial charge in [-0.2, -0.15) is 0 Å². The molecule has 18 heavy (non-hydrogen) atoms. The van der Waals surface area contributed by atoms with Crippen molar-refractivity contribution in [1.82, 2.24) is 4.90 Å². The maximum Gasteiger partial charge on any atom is 0.151 e. The van der Waals surface area contributed by atoms with Crippen LogP contribution >= 0.6 is 32.9 Å². The van der Waals surface area contributed by atoms with Crippen molar-refractivity contribution in [1.29, 1.82) is 0 Å². The van der Waals surface area contributed by atoms with Gasteiger partial charge < -0.3 is 10.6 Å². The summed E-state index contributed by atoms with van der Waals surface area (Å²) in [4.78, 5) is 6.77. The quantitative estimate of drug-likeness (QED) is 0.824. The first-order valence-corrected chi connectivity index (χ1v) is 6.27. The van der Waals surface area contributed by atoms with Crippen LogP contribution in [-0.2, 0) is 0 Å². The van der Waals surface area contributed by atoms with E-state index in [1.54, 1.807) is 0 Å². The average Bonchev–Trinajstić information content (AvgIpc) is 2.75. The van der Waals surface area contributed by atoms with Crippen LogP contribution in [0.4, 0.5) is 0 Å². The summed E-state index contributed by atoms with van der Waals surface area (Å²) in [5, 5.41) is 0. The number of hydrogen-bond donors (Lipinski definition) is 1. The molecule has 2 aliphatic rings. The highest BCUT2D eigenvalue weighted by atomic mass is 79.9. The Balaban J connectivity index is 0.00000120. The van der Waals surface area contributed by atoms with Gasteiger partial charge in [0, 0.05) is 10.7 Å². The predicted molar refractivity (Wildman–Crippen MR) is 82.8 cm³/mol. The zero-order valence-electron chi connectivity index (χ0n) is 9.58. The number of allylic oxidation sites excluding steroid dienone is 2. The molecule has 0 saturated carbocycles. The first-order valence-electron chi connectivity index (χ1n) is 5.48. The van der Waals surface area contributed by atoms with Crippen LogP contribution < -0.4 is 5.73 Å². The lowest BCUT2D eigenvalue weighted by Crippen LogP contribution is -2.28. The highest BCUT2D eigenvalue weighted by Gasteiger charge is 2.27. The van der Waals surface area contributed by atoms with Gasteiger partial charge in [-0.05, 0) is 29.8 Å². The zero-order valence-corrected chi connectivity index (χ0v) is 12.9. The van der Waals surface area contributed by atoms with E-state index in [1.165, 1.54) is 5.56 Å². The van der Waals surface area contributed by atoms with E-state index in [2.05, 4.69) is 38.0 Å². The molecule has 94 valence electrons. The summed E-state index contributed by atoms with van der Waals surface area (Å²) in [6.45, 7) is 0.863. The molecule has 0 fully saturated rings. The Hall–Kier alpha value is -1.07. The summed E-state index contributed by atoms with van der Waals surface area (Å²) in [6.07, 6.45) is 5.87. The molecule has 1 aromatic carbocycles. The molecule has 1 atom stereocenters. The van der Waals surface area contributed by atoms with Crippen LogP contribution in [0.3, 0.4) is 0 Å². The van der Waals surface area contributed by atoms with Gasteiger partial charge in [0.2, 0.25) is 0 Å². The number of nitrogens with two attached hydrogens (primary N) is 1. The molecular weight excluding hydrogens is 358 g/mol. The van der Waals surface area contributed by atoms with Gasteiger partial charge in [0.1, 0.15) is 0 Å². The highest BCUT2D eigenvalue weighted by Crippen LogP contribution is 2.28. The second-order valence-electron chi connectivity index (χ2n) is 4.14. The Bertz CT molecular complexity index is 532. The molecule has 0 aromatic heterocycles. The van der Waals surface area contributed by atoms with Crippen molar-refractivity contribution < 1.29 is 0 Å². The third kappa shape index (κ3) is 2.37. The molecule has 0 spiro atoms.